The smallest absolute Gasteiger partial charge is 0.230 e. The number of para-hydroxylation sites is 1. The van der Waals surface area contributed by atoms with Crippen molar-refractivity contribution in [1.82, 2.24) is 15.1 Å². The van der Waals surface area contributed by atoms with Crippen LogP contribution in [-0.4, -0.2) is 85.6 Å². The molecule has 1 aliphatic heterocycles. The van der Waals surface area contributed by atoms with Gasteiger partial charge in [-0.15, -0.1) is 0 Å². The van der Waals surface area contributed by atoms with Crippen molar-refractivity contribution in [2.45, 2.75) is 26.8 Å². The molecule has 1 fully saturated rings. The summed E-state index contributed by atoms with van der Waals surface area (Å²) in [4.78, 5) is 19.4. The maximum Gasteiger partial charge on any atom is 0.230 e. The summed E-state index contributed by atoms with van der Waals surface area (Å²) in [5, 5.41) is 3.11. The van der Waals surface area contributed by atoms with E-state index < -0.39 is 0 Å². The molecule has 1 heterocycles. The molecule has 2 rings (SSSR count). The van der Waals surface area contributed by atoms with E-state index in [1.807, 2.05) is 0 Å². The van der Waals surface area contributed by atoms with Crippen molar-refractivity contribution in [2.24, 2.45) is 0 Å². The molecule has 0 aromatic heterocycles. The van der Waals surface area contributed by atoms with Gasteiger partial charge in [-0.2, -0.15) is 11.8 Å². The molecular weight excluding hydrogens is 356 g/mol. The van der Waals surface area contributed by atoms with Crippen LogP contribution in [0.1, 0.15) is 20.8 Å². The number of amides is 1. The van der Waals surface area contributed by atoms with Gasteiger partial charge in [0.25, 0.3) is 0 Å². The standard InChI is InChI=1S/C21H36N4OS/c1-4-23(5-2)15-16-27-18-21(26)22-17-19(3)24-11-13-25(14-12-24)20-9-7-6-8-10-20/h6-10,19H,4-5,11-18H2,1-3H3,(H,22,26). The third kappa shape index (κ3) is 7.72. The normalized spacial score (nSPS) is 16.5. The molecule has 1 aromatic rings. The third-order valence-corrected chi connectivity index (χ3v) is 6.27. The molecule has 1 atom stereocenters. The SMILES string of the molecule is CCN(CC)CCSCC(=O)NCC(C)N1CCN(c2ccccc2)CC1. The van der Waals surface area contributed by atoms with Gasteiger partial charge in [0.15, 0.2) is 0 Å². The predicted octanol–water partition coefficient (Wildman–Crippen LogP) is 2.39. The van der Waals surface area contributed by atoms with Gasteiger partial charge in [0.1, 0.15) is 0 Å². The van der Waals surface area contributed by atoms with Gasteiger partial charge in [-0.1, -0.05) is 32.0 Å². The zero-order valence-electron chi connectivity index (χ0n) is 17.2. The van der Waals surface area contributed by atoms with Crippen LogP contribution in [0.2, 0.25) is 0 Å². The van der Waals surface area contributed by atoms with E-state index in [4.69, 9.17) is 0 Å². The minimum Gasteiger partial charge on any atom is -0.369 e. The summed E-state index contributed by atoms with van der Waals surface area (Å²) in [5.41, 5.74) is 1.31. The van der Waals surface area contributed by atoms with Gasteiger partial charge in [-0.25, -0.2) is 0 Å². The Balaban J connectivity index is 1.59. The van der Waals surface area contributed by atoms with Crippen LogP contribution in [0.3, 0.4) is 0 Å². The molecule has 1 amide bonds. The first-order chi connectivity index (χ1) is 13.1. The zero-order chi connectivity index (χ0) is 19.5. The highest BCUT2D eigenvalue weighted by molar-refractivity contribution is 7.99. The average Bonchev–Trinajstić information content (AvgIpc) is 2.73. The first-order valence-corrected chi connectivity index (χ1v) is 11.4. The maximum absolute atomic E-state index is 12.1. The van der Waals surface area contributed by atoms with Crippen molar-refractivity contribution in [3.8, 4) is 0 Å². The highest BCUT2D eigenvalue weighted by Gasteiger charge is 2.21. The summed E-state index contributed by atoms with van der Waals surface area (Å²) < 4.78 is 0. The van der Waals surface area contributed by atoms with E-state index in [1.165, 1.54) is 5.69 Å². The van der Waals surface area contributed by atoms with Crippen LogP contribution < -0.4 is 10.2 Å². The molecule has 1 N–H and O–H groups in total. The van der Waals surface area contributed by atoms with Crippen LogP contribution in [0.15, 0.2) is 30.3 Å². The minimum absolute atomic E-state index is 0.161. The monoisotopic (exact) mass is 392 g/mol. The Bertz CT molecular complexity index is 530. The van der Waals surface area contributed by atoms with E-state index in [9.17, 15) is 4.79 Å². The third-order valence-electron chi connectivity index (χ3n) is 5.33. The molecule has 5 nitrogen and oxygen atoms in total. The number of nitrogens with one attached hydrogen (secondary N) is 1. The highest BCUT2D eigenvalue weighted by atomic mass is 32.2. The van der Waals surface area contributed by atoms with Crippen molar-refractivity contribution in [3.63, 3.8) is 0 Å². The quantitative estimate of drug-likeness (QED) is 0.586. The Hall–Kier alpha value is -1.24. The van der Waals surface area contributed by atoms with Crippen molar-refractivity contribution >= 4 is 23.4 Å². The molecule has 27 heavy (non-hydrogen) atoms. The summed E-state index contributed by atoms with van der Waals surface area (Å²) in [6.07, 6.45) is 0. The molecule has 1 unspecified atom stereocenters. The van der Waals surface area contributed by atoms with Crippen LogP contribution in [0.25, 0.3) is 0 Å². The number of anilines is 1. The second kappa shape index (κ2) is 12.3. The number of carbonyl (C=O) groups excluding carboxylic acids is 1. The van der Waals surface area contributed by atoms with E-state index in [0.29, 0.717) is 11.8 Å². The Morgan fingerprint density at radius 2 is 1.81 bits per heavy atom. The average molecular weight is 393 g/mol. The van der Waals surface area contributed by atoms with Crippen LogP contribution in [-0.2, 0) is 4.79 Å². The highest BCUT2D eigenvalue weighted by Crippen LogP contribution is 2.16. The summed E-state index contributed by atoms with van der Waals surface area (Å²) in [6.45, 7) is 14.7. The number of rotatable bonds is 11. The lowest BCUT2D eigenvalue weighted by Gasteiger charge is -2.39. The van der Waals surface area contributed by atoms with Gasteiger partial charge in [0.2, 0.25) is 5.91 Å². The van der Waals surface area contributed by atoms with Crippen molar-refractivity contribution in [2.75, 3.05) is 68.8 Å². The Labute approximate surface area is 169 Å². The number of thioether (sulfide) groups is 1. The van der Waals surface area contributed by atoms with E-state index in [0.717, 1.165) is 58.1 Å². The minimum atomic E-state index is 0.161. The second-order valence-corrected chi connectivity index (χ2v) is 8.20. The molecule has 0 radical (unpaired) electrons. The largest absolute Gasteiger partial charge is 0.369 e. The Kier molecular flexibility index (Phi) is 10.0. The van der Waals surface area contributed by atoms with Crippen molar-refractivity contribution in [1.29, 1.82) is 0 Å². The van der Waals surface area contributed by atoms with Gasteiger partial charge < -0.3 is 15.1 Å². The van der Waals surface area contributed by atoms with Crippen LogP contribution in [0, 0.1) is 0 Å². The molecular formula is C21H36N4OS. The molecule has 1 aromatic carbocycles. The Morgan fingerprint density at radius 1 is 1.15 bits per heavy atom. The molecule has 0 aliphatic carbocycles. The second-order valence-electron chi connectivity index (χ2n) is 7.09. The molecule has 0 spiro atoms. The van der Waals surface area contributed by atoms with Crippen molar-refractivity contribution < 1.29 is 4.79 Å². The van der Waals surface area contributed by atoms with Crippen LogP contribution in [0.4, 0.5) is 5.69 Å². The molecule has 6 heteroatoms. The first kappa shape index (κ1) is 22.1. The Morgan fingerprint density at radius 3 is 2.44 bits per heavy atom. The van der Waals surface area contributed by atoms with Gasteiger partial charge in [0, 0.05) is 56.8 Å². The van der Waals surface area contributed by atoms with Gasteiger partial charge in [0.05, 0.1) is 5.75 Å². The summed E-state index contributed by atoms with van der Waals surface area (Å²) in [6, 6.07) is 11.0. The fraction of sp³-hybridized carbons (Fsp3) is 0.667. The lowest BCUT2D eigenvalue weighted by Crippen LogP contribution is -2.52. The number of piperazine rings is 1. The van der Waals surface area contributed by atoms with Gasteiger partial charge in [-0.3, -0.25) is 9.69 Å². The fourth-order valence-corrected chi connectivity index (χ4v) is 4.22. The van der Waals surface area contributed by atoms with E-state index in [2.05, 4.69) is 71.1 Å². The lowest BCUT2D eigenvalue weighted by molar-refractivity contribution is -0.118. The van der Waals surface area contributed by atoms with E-state index >= 15 is 0 Å². The first-order valence-electron chi connectivity index (χ1n) is 10.2. The van der Waals surface area contributed by atoms with Crippen LogP contribution >= 0.6 is 11.8 Å². The van der Waals surface area contributed by atoms with E-state index in [1.54, 1.807) is 11.8 Å². The van der Waals surface area contributed by atoms with E-state index in [-0.39, 0.29) is 5.91 Å². The summed E-state index contributed by atoms with van der Waals surface area (Å²) >= 11 is 1.73. The maximum atomic E-state index is 12.1. The van der Waals surface area contributed by atoms with Crippen molar-refractivity contribution in [3.05, 3.63) is 30.3 Å². The lowest BCUT2D eigenvalue weighted by atomic mass is 10.2. The van der Waals surface area contributed by atoms with Crippen LogP contribution in [0.5, 0.6) is 0 Å². The zero-order valence-corrected chi connectivity index (χ0v) is 18.0. The number of carbonyl (C=O) groups is 1. The number of hydrogen-bond acceptors (Lipinski definition) is 5. The number of hydrogen-bond donors (Lipinski definition) is 1. The molecule has 1 saturated heterocycles. The number of nitrogens with zero attached hydrogens (tertiary/aromatic N) is 3. The molecule has 0 saturated carbocycles. The number of benzene rings is 1. The molecule has 0 bridgehead atoms. The summed E-state index contributed by atoms with van der Waals surface area (Å²) in [7, 11) is 0. The summed E-state index contributed by atoms with van der Waals surface area (Å²) in [5.74, 6) is 1.75. The molecule has 1 aliphatic rings. The van der Waals surface area contributed by atoms with Gasteiger partial charge in [-0.05, 0) is 32.1 Å². The fourth-order valence-electron chi connectivity index (χ4n) is 3.40. The topological polar surface area (TPSA) is 38.8 Å². The predicted molar refractivity (Wildman–Crippen MR) is 118 cm³/mol. The molecule has 152 valence electrons. The van der Waals surface area contributed by atoms with Gasteiger partial charge >= 0.3 is 0 Å².